The summed E-state index contributed by atoms with van der Waals surface area (Å²) < 4.78 is 18.7. The average molecular weight is 224 g/mol. The maximum Gasteiger partial charge on any atom is 0.177 e. The van der Waals surface area contributed by atoms with E-state index in [1.165, 1.54) is 13.2 Å². The Morgan fingerprint density at radius 3 is 3.00 bits per heavy atom. The fourth-order valence-corrected chi connectivity index (χ4v) is 2.12. The highest BCUT2D eigenvalue weighted by molar-refractivity contribution is 5.60. The molecule has 0 saturated carbocycles. The summed E-state index contributed by atoms with van der Waals surface area (Å²) in [7, 11) is 1.51. The first-order valence-corrected chi connectivity index (χ1v) is 5.54. The summed E-state index contributed by atoms with van der Waals surface area (Å²) in [5.41, 5.74) is 0.844. The summed E-state index contributed by atoms with van der Waals surface area (Å²) in [4.78, 5) is 2.18. The first-order chi connectivity index (χ1) is 7.74. The molecule has 0 spiro atoms. The highest BCUT2D eigenvalue weighted by Gasteiger charge is 2.22. The summed E-state index contributed by atoms with van der Waals surface area (Å²) in [5.74, 6) is 0.0435. The van der Waals surface area contributed by atoms with E-state index in [9.17, 15) is 4.39 Å². The molecule has 1 unspecified atom stereocenters. The first-order valence-electron chi connectivity index (χ1n) is 5.54. The van der Waals surface area contributed by atoms with E-state index < -0.39 is 0 Å². The van der Waals surface area contributed by atoms with Crippen LogP contribution in [-0.4, -0.2) is 32.8 Å². The molecular weight excluding hydrogens is 207 g/mol. The molecule has 1 aromatic rings. The van der Waals surface area contributed by atoms with Gasteiger partial charge in [0.1, 0.15) is 0 Å². The molecule has 1 heterocycles. The van der Waals surface area contributed by atoms with Crippen LogP contribution in [0.25, 0.3) is 0 Å². The van der Waals surface area contributed by atoms with Crippen molar-refractivity contribution in [2.45, 2.75) is 13.0 Å². The van der Waals surface area contributed by atoms with Crippen molar-refractivity contribution >= 4 is 5.69 Å². The van der Waals surface area contributed by atoms with Gasteiger partial charge in [-0.1, -0.05) is 6.07 Å². The molecular formula is C12H17FN2O. The number of nitrogens with zero attached hydrogens (tertiary/aromatic N) is 1. The summed E-state index contributed by atoms with van der Waals surface area (Å²) in [6.07, 6.45) is 0. The van der Waals surface area contributed by atoms with Gasteiger partial charge in [0.25, 0.3) is 0 Å². The van der Waals surface area contributed by atoms with Gasteiger partial charge < -0.3 is 15.0 Å². The molecule has 1 N–H and O–H groups in total. The van der Waals surface area contributed by atoms with Gasteiger partial charge in [-0.2, -0.15) is 0 Å². The van der Waals surface area contributed by atoms with Gasteiger partial charge in [-0.3, -0.25) is 0 Å². The summed E-state index contributed by atoms with van der Waals surface area (Å²) >= 11 is 0. The molecule has 4 heteroatoms. The van der Waals surface area contributed by atoms with Crippen molar-refractivity contribution < 1.29 is 9.13 Å². The van der Waals surface area contributed by atoms with E-state index >= 15 is 0 Å². The second-order valence-corrected chi connectivity index (χ2v) is 4.04. The van der Waals surface area contributed by atoms with Crippen LogP contribution >= 0.6 is 0 Å². The van der Waals surface area contributed by atoms with Gasteiger partial charge in [-0.05, 0) is 19.1 Å². The monoisotopic (exact) mass is 224 g/mol. The highest BCUT2D eigenvalue weighted by Crippen LogP contribution is 2.32. The lowest BCUT2D eigenvalue weighted by Gasteiger charge is -2.36. The standard InChI is InChI=1S/C12H17FN2O/c1-9-8-14-6-7-15(9)11-5-3-4-10(13)12(11)16-2/h3-5,9,14H,6-8H2,1-2H3. The van der Waals surface area contributed by atoms with Crippen molar-refractivity contribution in [1.82, 2.24) is 5.32 Å². The molecule has 88 valence electrons. The van der Waals surface area contributed by atoms with E-state index in [4.69, 9.17) is 4.74 Å². The number of hydrogen-bond acceptors (Lipinski definition) is 3. The molecule has 16 heavy (non-hydrogen) atoms. The summed E-state index contributed by atoms with van der Waals surface area (Å²) in [6.45, 7) is 4.83. The fraction of sp³-hybridized carbons (Fsp3) is 0.500. The van der Waals surface area contributed by atoms with Crippen LogP contribution in [0.3, 0.4) is 0 Å². The Bertz CT molecular complexity index is 370. The zero-order valence-electron chi connectivity index (χ0n) is 9.66. The second kappa shape index (κ2) is 4.70. The molecule has 0 bridgehead atoms. The van der Waals surface area contributed by atoms with E-state index in [2.05, 4.69) is 17.1 Å². The molecule has 1 aliphatic rings. The SMILES string of the molecule is COc1c(F)cccc1N1CCNCC1C. The fourth-order valence-electron chi connectivity index (χ4n) is 2.12. The second-order valence-electron chi connectivity index (χ2n) is 4.04. The number of hydrogen-bond donors (Lipinski definition) is 1. The van der Waals surface area contributed by atoms with Crippen molar-refractivity contribution in [2.24, 2.45) is 0 Å². The zero-order chi connectivity index (χ0) is 11.5. The van der Waals surface area contributed by atoms with Gasteiger partial charge in [0, 0.05) is 25.7 Å². The van der Waals surface area contributed by atoms with Crippen LogP contribution in [0.5, 0.6) is 5.75 Å². The van der Waals surface area contributed by atoms with Crippen LogP contribution in [0, 0.1) is 5.82 Å². The number of rotatable bonds is 2. The summed E-state index contributed by atoms with van der Waals surface area (Å²) in [5, 5.41) is 3.31. The van der Waals surface area contributed by atoms with Crippen molar-refractivity contribution in [3.05, 3.63) is 24.0 Å². The van der Waals surface area contributed by atoms with Crippen molar-refractivity contribution in [3.63, 3.8) is 0 Å². The minimum absolute atomic E-state index is 0.300. The van der Waals surface area contributed by atoms with Gasteiger partial charge in [0.15, 0.2) is 11.6 Å². The Kier molecular flexibility index (Phi) is 3.29. The lowest BCUT2D eigenvalue weighted by Crippen LogP contribution is -2.50. The Labute approximate surface area is 95.2 Å². The minimum Gasteiger partial charge on any atom is -0.492 e. The number of benzene rings is 1. The van der Waals surface area contributed by atoms with E-state index in [1.807, 2.05) is 6.07 Å². The maximum absolute atomic E-state index is 13.6. The summed E-state index contributed by atoms with van der Waals surface area (Å²) in [6, 6.07) is 5.41. The quantitative estimate of drug-likeness (QED) is 0.826. The van der Waals surface area contributed by atoms with Crippen molar-refractivity contribution in [1.29, 1.82) is 0 Å². The van der Waals surface area contributed by atoms with Crippen LogP contribution in [0.4, 0.5) is 10.1 Å². The van der Waals surface area contributed by atoms with E-state index in [0.717, 1.165) is 25.3 Å². The van der Waals surface area contributed by atoms with E-state index in [1.54, 1.807) is 6.07 Å². The first kappa shape index (κ1) is 11.2. The molecule has 1 fully saturated rings. The molecule has 0 aromatic heterocycles. The van der Waals surface area contributed by atoms with Gasteiger partial charge >= 0.3 is 0 Å². The molecule has 2 rings (SSSR count). The number of methoxy groups -OCH3 is 1. The molecule has 0 amide bonds. The van der Waals surface area contributed by atoms with E-state index in [0.29, 0.717) is 11.8 Å². The molecule has 3 nitrogen and oxygen atoms in total. The topological polar surface area (TPSA) is 24.5 Å². The number of anilines is 1. The highest BCUT2D eigenvalue weighted by atomic mass is 19.1. The molecule has 0 aliphatic carbocycles. The normalized spacial score (nSPS) is 20.9. The Morgan fingerprint density at radius 2 is 2.31 bits per heavy atom. The molecule has 1 aromatic carbocycles. The molecule has 1 aliphatic heterocycles. The molecule has 1 saturated heterocycles. The lowest BCUT2D eigenvalue weighted by molar-refractivity contribution is 0.382. The number of halogens is 1. The Balaban J connectivity index is 2.34. The van der Waals surface area contributed by atoms with Gasteiger partial charge in [0.05, 0.1) is 12.8 Å². The van der Waals surface area contributed by atoms with Crippen LogP contribution in [-0.2, 0) is 0 Å². The smallest absolute Gasteiger partial charge is 0.177 e. The van der Waals surface area contributed by atoms with Crippen LogP contribution in [0.2, 0.25) is 0 Å². The molecule has 1 atom stereocenters. The zero-order valence-corrected chi connectivity index (χ0v) is 9.66. The Morgan fingerprint density at radius 1 is 1.50 bits per heavy atom. The third-order valence-corrected chi connectivity index (χ3v) is 2.96. The van der Waals surface area contributed by atoms with Crippen LogP contribution < -0.4 is 15.0 Å². The predicted molar refractivity (Wildman–Crippen MR) is 62.6 cm³/mol. The van der Waals surface area contributed by atoms with Gasteiger partial charge in [-0.15, -0.1) is 0 Å². The number of piperazine rings is 1. The van der Waals surface area contributed by atoms with E-state index in [-0.39, 0.29) is 5.82 Å². The third kappa shape index (κ3) is 1.97. The number of para-hydroxylation sites is 1. The third-order valence-electron chi connectivity index (χ3n) is 2.96. The predicted octanol–water partition coefficient (Wildman–Crippen LogP) is 1.63. The van der Waals surface area contributed by atoms with Crippen molar-refractivity contribution in [2.75, 3.05) is 31.6 Å². The lowest BCUT2D eigenvalue weighted by atomic mass is 10.1. The largest absolute Gasteiger partial charge is 0.492 e. The van der Waals surface area contributed by atoms with Gasteiger partial charge in [0.2, 0.25) is 0 Å². The number of nitrogens with one attached hydrogen (secondary N) is 1. The Hall–Kier alpha value is -1.29. The molecule has 0 radical (unpaired) electrons. The van der Waals surface area contributed by atoms with Crippen LogP contribution in [0.1, 0.15) is 6.92 Å². The van der Waals surface area contributed by atoms with Crippen molar-refractivity contribution in [3.8, 4) is 5.75 Å². The number of ether oxygens (including phenoxy) is 1. The minimum atomic E-state index is -0.300. The average Bonchev–Trinajstić information content (AvgIpc) is 2.29. The van der Waals surface area contributed by atoms with Crippen LogP contribution in [0.15, 0.2) is 18.2 Å². The van der Waals surface area contributed by atoms with Gasteiger partial charge in [-0.25, -0.2) is 4.39 Å². The maximum atomic E-state index is 13.6.